The minimum atomic E-state index is -1.26. The van der Waals surface area contributed by atoms with Crippen LogP contribution in [-0.4, -0.2) is 45.5 Å². The highest BCUT2D eigenvalue weighted by molar-refractivity contribution is 5.73. The Morgan fingerprint density at radius 1 is 0.885 bits per heavy atom. The second kappa shape index (κ2) is 5.30. The number of carbonyl (C=O) groups excluding carboxylic acids is 1. The van der Waals surface area contributed by atoms with Gasteiger partial charge in [-0.1, -0.05) is 0 Å². The zero-order valence-corrected chi connectivity index (χ0v) is 12.5. The van der Waals surface area contributed by atoms with Crippen LogP contribution in [0.3, 0.4) is 0 Å². The molecule has 0 aliphatic heterocycles. The van der Waals surface area contributed by atoms with Gasteiger partial charge in [-0.3, -0.25) is 29.2 Å². The summed E-state index contributed by atoms with van der Waals surface area (Å²) >= 11 is 0. The third-order valence-electron chi connectivity index (χ3n) is 3.14. The van der Waals surface area contributed by atoms with E-state index in [1.165, 1.54) is 0 Å². The molecule has 15 heteroatoms. The molecule has 0 fully saturated rings. The van der Waals surface area contributed by atoms with Crippen molar-refractivity contribution in [2.75, 3.05) is 11.5 Å². The lowest BCUT2D eigenvalue weighted by Gasteiger charge is -2.06. The Morgan fingerprint density at radius 3 is 1.73 bits per heavy atom. The van der Waals surface area contributed by atoms with Crippen LogP contribution in [-0.2, 0) is 0 Å². The molecule has 0 atom stereocenters. The van der Waals surface area contributed by atoms with E-state index >= 15 is 0 Å². The molecule has 0 saturated heterocycles. The van der Waals surface area contributed by atoms with Gasteiger partial charge in [0.05, 0.1) is 0 Å². The molecule has 4 aromatic heterocycles. The number of nitrogens with two attached hydrogens (primary N) is 2. The first-order valence-corrected chi connectivity index (χ1v) is 6.78. The average Bonchev–Trinajstić information content (AvgIpc) is 3.13. The van der Waals surface area contributed by atoms with Crippen LogP contribution < -0.4 is 32.3 Å². The van der Waals surface area contributed by atoms with Gasteiger partial charge in [-0.25, -0.2) is 9.97 Å². The van der Waals surface area contributed by atoms with Crippen molar-refractivity contribution in [2.24, 2.45) is 0 Å². The Hall–Kier alpha value is -4.43. The summed E-state index contributed by atoms with van der Waals surface area (Å²) in [6, 6.07) is 0. The fourth-order valence-electron chi connectivity index (χ4n) is 2.12. The molecule has 132 valence electrons. The van der Waals surface area contributed by atoms with E-state index < -0.39 is 17.3 Å². The smallest absolute Gasteiger partial charge is 0.369 e. The molecule has 0 aromatic carbocycles. The van der Waals surface area contributed by atoms with E-state index in [4.69, 9.17) is 21.1 Å². The molecule has 26 heavy (non-hydrogen) atoms. The standard InChI is InChI=1S/C11H8N10O5/c12-9-16-5-3(7(22)18-9)14-1-20(5)25-11(24)26-21-2-15-4-6(21)17-10(13)19-8(4)23/h1-2H,(H3,12,16,18,22)(H3,13,17,19,23). The number of anilines is 2. The number of carbonyl (C=O) groups is 1. The predicted octanol–water partition coefficient (Wildman–Crippen LogP) is -2.61. The summed E-state index contributed by atoms with van der Waals surface area (Å²) in [5, 5.41) is 0. The Balaban J connectivity index is 1.64. The molecule has 0 bridgehead atoms. The van der Waals surface area contributed by atoms with E-state index in [0.717, 1.165) is 22.1 Å². The van der Waals surface area contributed by atoms with E-state index in [2.05, 4.69) is 29.9 Å². The fraction of sp³-hybridized carbons (Fsp3) is 0. The topological polar surface area (TPSA) is 215 Å². The van der Waals surface area contributed by atoms with Crippen LogP contribution in [0.15, 0.2) is 22.2 Å². The second-order valence-corrected chi connectivity index (χ2v) is 4.82. The molecule has 0 saturated carbocycles. The SMILES string of the molecule is Nc1nc2c(ncn2OC(=O)On2cnc3c(=O)[nH]c(N)nc32)c(=O)[nH]1. The molecule has 0 spiro atoms. The van der Waals surface area contributed by atoms with Gasteiger partial charge in [0, 0.05) is 0 Å². The number of aromatic nitrogens is 8. The Labute approximate surface area is 140 Å². The number of imidazole rings is 2. The van der Waals surface area contributed by atoms with E-state index in [-0.39, 0.29) is 34.2 Å². The third-order valence-corrected chi connectivity index (χ3v) is 3.14. The highest BCUT2D eigenvalue weighted by atomic mass is 16.9. The summed E-state index contributed by atoms with van der Waals surface area (Å²) in [5.74, 6) is -0.388. The number of H-pyrrole nitrogens is 2. The van der Waals surface area contributed by atoms with Crippen LogP contribution in [0, 0.1) is 0 Å². The van der Waals surface area contributed by atoms with E-state index in [1.54, 1.807) is 0 Å². The minimum absolute atomic E-state index is 0.0962. The molecule has 0 radical (unpaired) electrons. The maximum Gasteiger partial charge on any atom is 0.559 e. The number of rotatable bonds is 2. The van der Waals surface area contributed by atoms with Gasteiger partial charge in [-0.15, -0.1) is 9.46 Å². The molecule has 4 aromatic rings. The molecule has 0 unspecified atom stereocenters. The average molecular weight is 360 g/mol. The van der Waals surface area contributed by atoms with Crippen molar-refractivity contribution < 1.29 is 14.5 Å². The predicted molar refractivity (Wildman–Crippen MR) is 83.7 cm³/mol. The molecule has 0 aliphatic rings. The normalized spacial score (nSPS) is 11.1. The van der Waals surface area contributed by atoms with Crippen LogP contribution in [0.4, 0.5) is 16.7 Å². The van der Waals surface area contributed by atoms with Crippen molar-refractivity contribution in [3.63, 3.8) is 0 Å². The number of fused-ring (bicyclic) bond motifs is 2. The first kappa shape index (κ1) is 15.1. The van der Waals surface area contributed by atoms with Crippen LogP contribution >= 0.6 is 0 Å². The van der Waals surface area contributed by atoms with Crippen LogP contribution in [0.5, 0.6) is 0 Å². The summed E-state index contributed by atoms with van der Waals surface area (Å²) in [4.78, 5) is 64.7. The summed E-state index contributed by atoms with van der Waals surface area (Å²) in [5.41, 5.74) is 9.27. The van der Waals surface area contributed by atoms with Crippen LogP contribution in [0.25, 0.3) is 22.3 Å². The first-order chi connectivity index (χ1) is 12.4. The van der Waals surface area contributed by atoms with E-state index in [9.17, 15) is 14.4 Å². The van der Waals surface area contributed by atoms with Crippen molar-refractivity contribution in [1.82, 2.24) is 39.4 Å². The number of hydrogen-bond acceptors (Lipinski definition) is 11. The van der Waals surface area contributed by atoms with E-state index in [0.29, 0.717) is 0 Å². The molecular formula is C11H8N10O5. The maximum absolute atomic E-state index is 12.0. The lowest BCUT2D eigenvalue weighted by molar-refractivity contribution is 0.0462. The monoisotopic (exact) mass is 360 g/mol. The van der Waals surface area contributed by atoms with Crippen LogP contribution in [0.1, 0.15) is 0 Å². The molecule has 0 amide bonds. The van der Waals surface area contributed by atoms with Gasteiger partial charge in [0.25, 0.3) is 11.1 Å². The zero-order chi connectivity index (χ0) is 18.4. The van der Waals surface area contributed by atoms with Gasteiger partial charge in [-0.05, 0) is 0 Å². The van der Waals surface area contributed by atoms with Crippen molar-refractivity contribution >= 4 is 40.4 Å². The maximum atomic E-state index is 12.0. The molecular weight excluding hydrogens is 352 g/mol. The van der Waals surface area contributed by atoms with Crippen molar-refractivity contribution in [2.45, 2.75) is 0 Å². The van der Waals surface area contributed by atoms with Gasteiger partial charge in [0.1, 0.15) is 12.7 Å². The third kappa shape index (κ3) is 2.35. The number of nitrogens with one attached hydrogen (secondary N) is 2. The van der Waals surface area contributed by atoms with Gasteiger partial charge in [-0.2, -0.15) is 14.8 Å². The summed E-state index contributed by atoms with van der Waals surface area (Å²) in [7, 11) is 0. The summed E-state index contributed by atoms with van der Waals surface area (Å²) in [6.45, 7) is 0. The fourth-order valence-corrected chi connectivity index (χ4v) is 2.12. The summed E-state index contributed by atoms with van der Waals surface area (Å²) < 4.78 is 1.58. The van der Waals surface area contributed by atoms with Gasteiger partial charge in [0.15, 0.2) is 11.0 Å². The lowest BCUT2D eigenvalue weighted by Crippen LogP contribution is -2.29. The number of aromatic amines is 2. The largest absolute Gasteiger partial charge is 0.559 e. The Bertz CT molecular complexity index is 1180. The number of nitrogens with zero attached hydrogens (tertiary/aromatic N) is 6. The second-order valence-electron chi connectivity index (χ2n) is 4.82. The van der Waals surface area contributed by atoms with Crippen molar-refractivity contribution in [3.05, 3.63) is 33.4 Å². The minimum Gasteiger partial charge on any atom is -0.369 e. The van der Waals surface area contributed by atoms with Gasteiger partial charge < -0.3 is 11.5 Å². The zero-order valence-electron chi connectivity index (χ0n) is 12.5. The lowest BCUT2D eigenvalue weighted by atomic mass is 10.5. The molecule has 4 heterocycles. The molecule has 15 nitrogen and oxygen atoms in total. The van der Waals surface area contributed by atoms with Gasteiger partial charge in [0.2, 0.25) is 23.2 Å². The Kier molecular flexibility index (Phi) is 3.08. The molecule has 4 rings (SSSR count). The highest BCUT2D eigenvalue weighted by Crippen LogP contribution is 2.06. The molecule has 6 N–H and O–H groups in total. The van der Waals surface area contributed by atoms with E-state index in [1.807, 2.05) is 0 Å². The number of nitrogen functional groups attached to an aromatic ring is 2. The quantitative estimate of drug-likeness (QED) is 0.290. The van der Waals surface area contributed by atoms with Gasteiger partial charge >= 0.3 is 6.16 Å². The number of hydrogen-bond donors (Lipinski definition) is 4. The Morgan fingerprint density at radius 2 is 1.31 bits per heavy atom. The van der Waals surface area contributed by atoms with Crippen molar-refractivity contribution in [3.8, 4) is 0 Å². The summed E-state index contributed by atoms with van der Waals surface area (Å²) in [6.07, 6.45) is 0.797. The van der Waals surface area contributed by atoms with Crippen molar-refractivity contribution in [1.29, 1.82) is 0 Å². The highest BCUT2D eigenvalue weighted by Gasteiger charge is 2.17. The van der Waals surface area contributed by atoms with Crippen LogP contribution in [0.2, 0.25) is 0 Å². The molecule has 0 aliphatic carbocycles. The first-order valence-electron chi connectivity index (χ1n) is 6.78.